The van der Waals surface area contributed by atoms with Gasteiger partial charge in [-0.25, -0.2) is 9.00 Å². The zero-order valence-electron chi connectivity index (χ0n) is 10.1. The standard InChI is InChI=1S/C12H16O4S/c1-4-7(2)9-5-8(3)10(12(13)14)6-11(9)17(15)16/h5-7H,4H2,1-3H3,(H,13,14)(H,15,16). The lowest BCUT2D eigenvalue weighted by atomic mass is 9.95. The SMILES string of the molecule is CCC(C)c1cc(C)c(C(=O)O)cc1S(=O)O. The molecular weight excluding hydrogens is 240 g/mol. The molecule has 2 atom stereocenters. The van der Waals surface area contributed by atoms with Gasteiger partial charge in [-0.05, 0) is 36.5 Å². The number of rotatable bonds is 4. The Balaban J connectivity index is 3.46. The molecule has 2 unspecified atom stereocenters. The molecule has 5 heteroatoms. The van der Waals surface area contributed by atoms with Crippen molar-refractivity contribution in [3.8, 4) is 0 Å². The van der Waals surface area contributed by atoms with Crippen LogP contribution in [0.15, 0.2) is 17.0 Å². The lowest BCUT2D eigenvalue weighted by Gasteiger charge is -2.15. The Bertz CT molecular complexity index is 468. The van der Waals surface area contributed by atoms with E-state index in [4.69, 9.17) is 5.11 Å². The largest absolute Gasteiger partial charge is 0.478 e. The lowest BCUT2D eigenvalue weighted by molar-refractivity contribution is 0.0696. The van der Waals surface area contributed by atoms with Crippen LogP contribution in [0.1, 0.15) is 47.7 Å². The van der Waals surface area contributed by atoms with Gasteiger partial charge in [0.1, 0.15) is 0 Å². The van der Waals surface area contributed by atoms with Crippen LogP contribution in [0.4, 0.5) is 0 Å². The van der Waals surface area contributed by atoms with Gasteiger partial charge in [0.25, 0.3) is 0 Å². The minimum absolute atomic E-state index is 0.0782. The molecule has 94 valence electrons. The predicted molar refractivity (Wildman–Crippen MR) is 65.9 cm³/mol. The van der Waals surface area contributed by atoms with Crippen LogP contribution in [0.3, 0.4) is 0 Å². The Morgan fingerprint density at radius 1 is 1.47 bits per heavy atom. The third-order valence-electron chi connectivity index (χ3n) is 2.92. The van der Waals surface area contributed by atoms with Crippen LogP contribution < -0.4 is 0 Å². The maximum Gasteiger partial charge on any atom is 0.335 e. The van der Waals surface area contributed by atoms with Crippen molar-refractivity contribution in [3.05, 3.63) is 28.8 Å². The molecule has 0 heterocycles. The second kappa shape index (κ2) is 5.42. The Labute approximate surface area is 103 Å². The summed E-state index contributed by atoms with van der Waals surface area (Å²) in [7, 11) is 0. The van der Waals surface area contributed by atoms with Crippen molar-refractivity contribution in [1.29, 1.82) is 0 Å². The lowest BCUT2D eigenvalue weighted by Crippen LogP contribution is -2.07. The fourth-order valence-electron chi connectivity index (χ4n) is 1.70. The molecule has 2 N–H and O–H groups in total. The first-order chi connectivity index (χ1) is 7.88. The van der Waals surface area contributed by atoms with Crippen molar-refractivity contribution in [3.63, 3.8) is 0 Å². The van der Waals surface area contributed by atoms with Crippen LogP contribution in [0.2, 0.25) is 0 Å². The summed E-state index contributed by atoms with van der Waals surface area (Å²) in [5.74, 6) is -0.951. The summed E-state index contributed by atoms with van der Waals surface area (Å²) in [6, 6.07) is 3.00. The molecule has 1 aromatic carbocycles. The van der Waals surface area contributed by atoms with Crippen LogP contribution in [0.5, 0.6) is 0 Å². The number of carboxylic acid groups (broad SMARTS) is 1. The van der Waals surface area contributed by atoms with Crippen molar-refractivity contribution in [2.24, 2.45) is 0 Å². The number of hydrogen-bond donors (Lipinski definition) is 2. The Kier molecular flexibility index (Phi) is 4.42. The predicted octanol–water partition coefficient (Wildman–Crippen LogP) is 2.79. The van der Waals surface area contributed by atoms with E-state index in [9.17, 15) is 13.6 Å². The molecule has 0 saturated carbocycles. The van der Waals surface area contributed by atoms with E-state index in [1.807, 2.05) is 13.8 Å². The first-order valence-electron chi connectivity index (χ1n) is 5.37. The van der Waals surface area contributed by atoms with Crippen LogP contribution in [0.25, 0.3) is 0 Å². The Morgan fingerprint density at radius 2 is 2.06 bits per heavy atom. The van der Waals surface area contributed by atoms with E-state index in [1.54, 1.807) is 13.0 Å². The van der Waals surface area contributed by atoms with Crippen LogP contribution in [0, 0.1) is 6.92 Å². The second-order valence-electron chi connectivity index (χ2n) is 4.07. The molecule has 17 heavy (non-hydrogen) atoms. The molecule has 0 spiro atoms. The van der Waals surface area contributed by atoms with E-state index < -0.39 is 17.0 Å². The van der Waals surface area contributed by atoms with Crippen molar-refractivity contribution >= 4 is 17.0 Å². The Hall–Kier alpha value is -1.20. The van der Waals surface area contributed by atoms with Crippen LogP contribution in [-0.2, 0) is 11.1 Å². The van der Waals surface area contributed by atoms with E-state index in [1.165, 1.54) is 6.07 Å². The highest BCUT2D eigenvalue weighted by Gasteiger charge is 2.18. The molecule has 0 radical (unpaired) electrons. The number of carboxylic acids is 1. The summed E-state index contributed by atoms with van der Waals surface area (Å²) in [5.41, 5.74) is 1.44. The fourth-order valence-corrected chi connectivity index (χ4v) is 2.38. The summed E-state index contributed by atoms with van der Waals surface area (Å²) in [6.07, 6.45) is 0.829. The van der Waals surface area contributed by atoms with Crippen LogP contribution in [-0.4, -0.2) is 19.8 Å². The first kappa shape index (κ1) is 13.9. The van der Waals surface area contributed by atoms with Gasteiger partial charge < -0.3 is 9.66 Å². The van der Waals surface area contributed by atoms with Crippen molar-refractivity contribution < 1.29 is 18.7 Å². The van der Waals surface area contributed by atoms with E-state index >= 15 is 0 Å². The highest BCUT2D eigenvalue weighted by molar-refractivity contribution is 7.79. The zero-order chi connectivity index (χ0) is 13.2. The van der Waals surface area contributed by atoms with Gasteiger partial charge in [-0.3, -0.25) is 0 Å². The third kappa shape index (κ3) is 2.92. The maximum absolute atomic E-state index is 11.2. The topological polar surface area (TPSA) is 74.6 Å². The summed E-state index contributed by atoms with van der Waals surface area (Å²) in [5, 5.41) is 8.98. The van der Waals surface area contributed by atoms with Gasteiger partial charge in [-0.1, -0.05) is 19.9 Å². The van der Waals surface area contributed by atoms with Crippen molar-refractivity contribution in [2.75, 3.05) is 0 Å². The maximum atomic E-state index is 11.2. The molecule has 0 amide bonds. The van der Waals surface area contributed by atoms with Gasteiger partial charge in [0.15, 0.2) is 11.1 Å². The molecule has 0 aliphatic heterocycles. The van der Waals surface area contributed by atoms with E-state index in [0.29, 0.717) is 5.56 Å². The highest BCUT2D eigenvalue weighted by atomic mass is 32.2. The van der Waals surface area contributed by atoms with Gasteiger partial charge in [0.05, 0.1) is 10.5 Å². The summed E-state index contributed by atoms with van der Waals surface area (Å²) in [6.45, 7) is 5.63. The smallest absolute Gasteiger partial charge is 0.335 e. The normalized spacial score (nSPS) is 14.4. The van der Waals surface area contributed by atoms with Crippen molar-refractivity contribution in [1.82, 2.24) is 0 Å². The first-order valence-corrected chi connectivity index (χ1v) is 6.47. The molecular formula is C12H16O4S. The van der Waals surface area contributed by atoms with Crippen molar-refractivity contribution in [2.45, 2.75) is 38.0 Å². The highest BCUT2D eigenvalue weighted by Crippen LogP contribution is 2.28. The number of carbonyl (C=O) groups is 1. The molecule has 0 aromatic heterocycles. The monoisotopic (exact) mass is 256 g/mol. The molecule has 0 fully saturated rings. The average molecular weight is 256 g/mol. The number of aryl methyl sites for hydroxylation is 1. The molecule has 0 bridgehead atoms. The molecule has 0 aliphatic rings. The van der Waals surface area contributed by atoms with Gasteiger partial charge in [0, 0.05) is 0 Å². The summed E-state index contributed by atoms with van der Waals surface area (Å²) < 4.78 is 20.5. The van der Waals surface area contributed by atoms with Gasteiger partial charge in [0.2, 0.25) is 0 Å². The van der Waals surface area contributed by atoms with Crippen LogP contribution >= 0.6 is 0 Å². The molecule has 0 saturated heterocycles. The third-order valence-corrected chi connectivity index (χ3v) is 3.65. The molecule has 0 aliphatic carbocycles. The molecule has 1 aromatic rings. The summed E-state index contributed by atoms with van der Waals surface area (Å²) in [4.78, 5) is 11.2. The minimum Gasteiger partial charge on any atom is -0.478 e. The van der Waals surface area contributed by atoms with E-state index in [0.717, 1.165) is 12.0 Å². The molecule has 4 nitrogen and oxygen atoms in total. The number of aromatic carboxylic acids is 1. The Morgan fingerprint density at radius 3 is 2.47 bits per heavy atom. The zero-order valence-corrected chi connectivity index (χ0v) is 10.9. The average Bonchev–Trinajstić information content (AvgIpc) is 2.26. The second-order valence-corrected chi connectivity index (χ2v) is 5.01. The van der Waals surface area contributed by atoms with Gasteiger partial charge in [-0.2, -0.15) is 0 Å². The summed E-state index contributed by atoms with van der Waals surface area (Å²) >= 11 is -2.16. The minimum atomic E-state index is -2.16. The van der Waals surface area contributed by atoms with E-state index in [2.05, 4.69) is 0 Å². The van der Waals surface area contributed by atoms with E-state index in [-0.39, 0.29) is 16.4 Å². The fraction of sp³-hybridized carbons (Fsp3) is 0.417. The number of benzene rings is 1. The molecule has 1 rings (SSSR count). The van der Waals surface area contributed by atoms with Gasteiger partial charge in [-0.15, -0.1) is 0 Å². The van der Waals surface area contributed by atoms with Gasteiger partial charge >= 0.3 is 5.97 Å². The quantitative estimate of drug-likeness (QED) is 0.812. The number of hydrogen-bond acceptors (Lipinski definition) is 2.